The Morgan fingerprint density at radius 2 is 1.93 bits per heavy atom. The molecule has 2 rings (SSSR count). The van der Waals surface area contributed by atoms with Gasteiger partial charge < -0.3 is 25.4 Å². The normalized spacial score (nSPS) is 10.2. The maximum absolute atomic E-state index is 12.1. The fraction of sp³-hybridized carbons (Fsp3) is 0.238. The smallest absolute Gasteiger partial charge is 0.243 e. The van der Waals surface area contributed by atoms with Crippen LogP contribution in [0.15, 0.2) is 47.5 Å². The molecule has 7 nitrogen and oxygen atoms in total. The van der Waals surface area contributed by atoms with Crippen LogP contribution in [0.5, 0.6) is 11.5 Å². The van der Waals surface area contributed by atoms with E-state index in [0.29, 0.717) is 35.3 Å². The largest absolute Gasteiger partial charge is 0.497 e. The van der Waals surface area contributed by atoms with Crippen molar-refractivity contribution in [3.8, 4) is 23.8 Å². The lowest BCUT2D eigenvalue weighted by Crippen LogP contribution is -2.41. The van der Waals surface area contributed by atoms with Gasteiger partial charge in [-0.25, -0.2) is 0 Å². The predicted octanol–water partition coefficient (Wildman–Crippen LogP) is 2.61. The summed E-state index contributed by atoms with van der Waals surface area (Å²) < 4.78 is 10.6. The molecule has 0 spiro atoms. The molecule has 0 atom stereocenters. The highest BCUT2D eigenvalue weighted by molar-refractivity contribution is 14.0. The quantitative estimate of drug-likeness (QED) is 0.232. The predicted molar refractivity (Wildman–Crippen MR) is 126 cm³/mol. The summed E-state index contributed by atoms with van der Waals surface area (Å²) in [6.07, 6.45) is 5.37. The number of terminal acetylenes is 1. The lowest BCUT2D eigenvalue weighted by Gasteiger charge is -2.14. The Morgan fingerprint density at radius 3 is 2.59 bits per heavy atom. The first kappa shape index (κ1) is 24.1. The van der Waals surface area contributed by atoms with Crippen LogP contribution in [0, 0.1) is 12.3 Å². The first-order chi connectivity index (χ1) is 13.6. The van der Waals surface area contributed by atoms with E-state index in [4.69, 9.17) is 15.9 Å². The molecule has 0 heterocycles. The van der Waals surface area contributed by atoms with Gasteiger partial charge in [0.15, 0.2) is 5.96 Å². The van der Waals surface area contributed by atoms with Gasteiger partial charge in [-0.05, 0) is 30.3 Å². The Balaban J connectivity index is 0.00000420. The van der Waals surface area contributed by atoms with Gasteiger partial charge in [0, 0.05) is 36.5 Å². The molecule has 0 saturated carbocycles. The number of rotatable bonds is 7. The topological polar surface area (TPSA) is 84.0 Å². The van der Waals surface area contributed by atoms with Crippen LogP contribution in [0.1, 0.15) is 11.1 Å². The second-order valence-corrected chi connectivity index (χ2v) is 5.73. The van der Waals surface area contributed by atoms with E-state index in [1.807, 2.05) is 18.2 Å². The number of carbonyl (C=O) groups excluding carboxylic acids is 1. The second-order valence-electron chi connectivity index (χ2n) is 5.73. The minimum absolute atomic E-state index is 0. The number of aliphatic imine (C=N–C) groups is 1. The summed E-state index contributed by atoms with van der Waals surface area (Å²) in [6, 6.07) is 12.7. The maximum Gasteiger partial charge on any atom is 0.243 e. The highest BCUT2D eigenvalue weighted by atomic mass is 127. The molecule has 3 N–H and O–H groups in total. The Bertz CT molecular complexity index is 894. The van der Waals surface area contributed by atoms with E-state index in [0.717, 1.165) is 5.56 Å². The molecule has 2 aromatic rings. The summed E-state index contributed by atoms with van der Waals surface area (Å²) in [4.78, 5) is 16.3. The van der Waals surface area contributed by atoms with Crippen LogP contribution in [0.25, 0.3) is 0 Å². The van der Waals surface area contributed by atoms with E-state index < -0.39 is 0 Å². The first-order valence-electron chi connectivity index (χ1n) is 8.61. The Labute approximate surface area is 188 Å². The van der Waals surface area contributed by atoms with E-state index in [9.17, 15) is 4.79 Å². The second kappa shape index (κ2) is 12.5. The molecule has 0 unspecified atom stereocenters. The molecule has 1 amide bonds. The van der Waals surface area contributed by atoms with Crippen molar-refractivity contribution in [3.05, 3.63) is 53.6 Å². The zero-order chi connectivity index (χ0) is 20.4. The summed E-state index contributed by atoms with van der Waals surface area (Å²) in [5.41, 5.74) is 2.28. The Morgan fingerprint density at radius 1 is 1.14 bits per heavy atom. The Hall–Kier alpha value is -2.93. The van der Waals surface area contributed by atoms with Gasteiger partial charge in [-0.3, -0.25) is 9.79 Å². The van der Waals surface area contributed by atoms with E-state index in [-0.39, 0.29) is 36.4 Å². The van der Waals surface area contributed by atoms with Gasteiger partial charge in [0.1, 0.15) is 11.5 Å². The molecule has 0 radical (unpaired) electrons. The molecule has 0 bridgehead atoms. The summed E-state index contributed by atoms with van der Waals surface area (Å²) in [5.74, 6) is 4.24. The van der Waals surface area contributed by atoms with Gasteiger partial charge in [0.2, 0.25) is 5.91 Å². The third-order valence-electron chi connectivity index (χ3n) is 3.89. The fourth-order valence-corrected chi connectivity index (χ4v) is 2.45. The number of ether oxygens (including phenoxy) is 2. The number of hydrogen-bond donors (Lipinski definition) is 3. The molecule has 29 heavy (non-hydrogen) atoms. The number of anilines is 1. The number of carbonyl (C=O) groups is 1. The summed E-state index contributed by atoms with van der Waals surface area (Å²) in [6.45, 7) is 0.526. The van der Waals surface area contributed by atoms with E-state index in [1.165, 1.54) is 0 Å². The number of guanidine groups is 1. The molecule has 0 fully saturated rings. The summed E-state index contributed by atoms with van der Waals surface area (Å²) >= 11 is 0. The zero-order valence-electron chi connectivity index (χ0n) is 16.6. The molecular weight excluding hydrogens is 483 g/mol. The van der Waals surface area contributed by atoms with Gasteiger partial charge in [-0.2, -0.15) is 0 Å². The highest BCUT2D eigenvalue weighted by Gasteiger charge is 2.08. The van der Waals surface area contributed by atoms with Gasteiger partial charge >= 0.3 is 0 Å². The van der Waals surface area contributed by atoms with Crippen LogP contribution in [-0.2, 0) is 11.3 Å². The van der Waals surface area contributed by atoms with Crippen LogP contribution in [-0.4, -0.2) is 39.7 Å². The number of nitrogens with zero attached hydrogens (tertiary/aromatic N) is 1. The average Bonchev–Trinajstić information content (AvgIpc) is 2.73. The highest BCUT2D eigenvalue weighted by Crippen LogP contribution is 2.24. The number of hydrogen-bond acceptors (Lipinski definition) is 4. The van der Waals surface area contributed by atoms with Crippen LogP contribution >= 0.6 is 24.0 Å². The van der Waals surface area contributed by atoms with E-state index >= 15 is 0 Å². The number of nitrogens with one attached hydrogen (secondary N) is 3. The van der Waals surface area contributed by atoms with Crippen molar-refractivity contribution < 1.29 is 14.3 Å². The van der Waals surface area contributed by atoms with Crippen molar-refractivity contribution in [3.63, 3.8) is 0 Å². The van der Waals surface area contributed by atoms with E-state index in [1.54, 1.807) is 45.5 Å². The van der Waals surface area contributed by atoms with Crippen molar-refractivity contribution in [1.82, 2.24) is 10.6 Å². The molecule has 8 heteroatoms. The molecule has 0 aliphatic carbocycles. The van der Waals surface area contributed by atoms with Crippen LogP contribution in [0.2, 0.25) is 0 Å². The van der Waals surface area contributed by atoms with Gasteiger partial charge in [-0.15, -0.1) is 30.4 Å². The zero-order valence-corrected chi connectivity index (χ0v) is 18.9. The standard InChI is InChI=1S/C21H24N4O3.HI/c1-5-15-7-6-8-17(11-15)25-20(26)14-24-21(22-2)23-13-16-9-10-18(27-3)12-19(16)28-4;/h1,6-12H,13-14H2,2-4H3,(H,25,26)(H2,22,23,24);1H. The van der Waals surface area contributed by atoms with Crippen LogP contribution in [0.3, 0.4) is 0 Å². The monoisotopic (exact) mass is 508 g/mol. The van der Waals surface area contributed by atoms with Crippen molar-refractivity contribution in [2.75, 3.05) is 33.1 Å². The third-order valence-corrected chi connectivity index (χ3v) is 3.89. The number of benzene rings is 2. The van der Waals surface area contributed by atoms with Crippen LogP contribution < -0.4 is 25.4 Å². The maximum atomic E-state index is 12.1. The molecule has 154 valence electrons. The minimum atomic E-state index is -0.209. The average molecular weight is 508 g/mol. The minimum Gasteiger partial charge on any atom is -0.497 e. The van der Waals surface area contributed by atoms with Crippen molar-refractivity contribution >= 4 is 41.5 Å². The van der Waals surface area contributed by atoms with Crippen molar-refractivity contribution in [1.29, 1.82) is 0 Å². The number of halogens is 1. The SMILES string of the molecule is C#Cc1cccc(NC(=O)CNC(=NC)NCc2ccc(OC)cc2OC)c1.I. The first-order valence-corrected chi connectivity index (χ1v) is 8.61. The molecule has 0 aromatic heterocycles. The van der Waals surface area contributed by atoms with Gasteiger partial charge in [-0.1, -0.05) is 12.0 Å². The third kappa shape index (κ3) is 7.54. The van der Waals surface area contributed by atoms with Crippen molar-refractivity contribution in [2.45, 2.75) is 6.54 Å². The Kier molecular flexibility index (Phi) is 10.4. The molecule has 0 saturated heterocycles. The molecule has 2 aromatic carbocycles. The number of amides is 1. The molecule has 0 aliphatic heterocycles. The molecular formula is C21H25IN4O3. The van der Waals surface area contributed by atoms with Crippen LogP contribution in [0.4, 0.5) is 5.69 Å². The lowest BCUT2D eigenvalue weighted by atomic mass is 10.2. The molecule has 0 aliphatic rings. The van der Waals surface area contributed by atoms with Gasteiger partial charge in [0.05, 0.1) is 20.8 Å². The van der Waals surface area contributed by atoms with Gasteiger partial charge in [0.25, 0.3) is 0 Å². The summed E-state index contributed by atoms with van der Waals surface area (Å²) in [7, 11) is 4.84. The fourth-order valence-electron chi connectivity index (χ4n) is 2.45. The number of methoxy groups -OCH3 is 2. The summed E-state index contributed by atoms with van der Waals surface area (Å²) in [5, 5.41) is 8.90. The van der Waals surface area contributed by atoms with Crippen molar-refractivity contribution in [2.24, 2.45) is 4.99 Å². The lowest BCUT2D eigenvalue weighted by molar-refractivity contribution is -0.115. The van der Waals surface area contributed by atoms with E-state index in [2.05, 4.69) is 26.9 Å².